The molecule has 178 valence electrons. The van der Waals surface area contributed by atoms with Gasteiger partial charge in [0, 0.05) is 11.8 Å². The summed E-state index contributed by atoms with van der Waals surface area (Å²) in [4.78, 5) is 4.60. The summed E-state index contributed by atoms with van der Waals surface area (Å²) in [5, 5.41) is 0. The molecule has 0 spiro atoms. The van der Waals surface area contributed by atoms with Gasteiger partial charge in [-0.3, -0.25) is 4.98 Å². The van der Waals surface area contributed by atoms with E-state index < -0.39 is 6.17 Å². The number of ether oxygens (including phenoxy) is 1. The fraction of sp³-hybridized carbons (Fsp3) is 0.621. The molecule has 1 aromatic carbocycles. The lowest BCUT2D eigenvalue weighted by molar-refractivity contribution is 0.287. The van der Waals surface area contributed by atoms with Crippen LogP contribution in [-0.4, -0.2) is 17.8 Å². The number of alkyl halides is 1. The Balaban J connectivity index is 1.67. The molecule has 2 aromatic rings. The van der Waals surface area contributed by atoms with Gasteiger partial charge in [-0.2, -0.15) is 0 Å². The molecule has 0 radical (unpaired) electrons. The number of unbranched alkanes of at least 4 members (excludes halogenated alkanes) is 9. The van der Waals surface area contributed by atoms with Gasteiger partial charge in [0.15, 0.2) is 0 Å². The van der Waals surface area contributed by atoms with Gasteiger partial charge in [-0.15, -0.1) is 0 Å². The summed E-state index contributed by atoms with van der Waals surface area (Å²) in [7, 11) is 0. The SMILES string of the molecule is CCCCCCCCCOc1ccc(-c2ccc(CCC(F)CCCCCC)cn2)cc1. The Labute approximate surface area is 196 Å². The lowest BCUT2D eigenvalue weighted by Crippen LogP contribution is -2.02. The van der Waals surface area contributed by atoms with Crippen molar-refractivity contribution in [3.8, 4) is 17.0 Å². The van der Waals surface area contributed by atoms with E-state index in [9.17, 15) is 4.39 Å². The molecule has 0 bridgehead atoms. The Morgan fingerprint density at radius 1 is 0.750 bits per heavy atom. The number of halogens is 1. The third-order valence-corrected chi connectivity index (χ3v) is 6.11. The topological polar surface area (TPSA) is 22.1 Å². The van der Waals surface area contributed by atoms with E-state index in [1.807, 2.05) is 24.4 Å². The van der Waals surface area contributed by atoms with Crippen LogP contribution in [0.2, 0.25) is 0 Å². The van der Waals surface area contributed by atoms with E-state index in [0.29, 0.717) is 12.8 Å². The van der Waals surface area contributed by atoms with Gasteiger partial charge in [0.2, 0.25) is 0 Å². The van der Waals surface area contributed by atoms with Crippen molar-refractivity contribution < 1.29 is 9.13 Å². The van der Waals surface area contributed by atoms with Crippen LogP contribution >= 0.6 is 0 Å². The Bertz CT molecular complexity index is 698. The summed E-state index contributed by atoms with van der Waals surface area (Å²) in [5.74, 6) is 0.921. The van der Waals surface area contributed by atoms with Gasteiger partial charge in [-0.05, 0) is 61.6 Å². The third-order valence-electron chi connectivity index (χ3n) is 6.11. The van der Waals surface area contributed by atoms with E-state index in [2.05, 4.69) is 37.0 Å². The van der Waals surface area contributed by atoms with Crippen LogP contribution in [0.3, 0.4) is 0 Å². The third kappa shape index (κ3) is 11.1. The van der Waals surface area contributed by atoms with Crippen molar-refractivity contribution in [1.82, 2.24) is 4.98 Å². The van der Waals surface area contributed by atoms with Gasteiger partial charge in [-0.25, -0.2) is 4.39 Å². The summed E-state index contributed by atoms with van der Waals surface area (Å²) < 4.78 is 19.9. The molecule has 0 saturated heterocycles. The predicted octanol–water partition coefficient (Wildman–Crippen LogP) is 9.12. The minimum absolute atomic E-state index is 0.595. The van der Waals surface area contributed by atoms with Gasteiger partial charge < -0.3 is 4.74 Å². The molecule has 0 fully saturated rings. The van der Waals surface area contributed by atoms with Crippen molar-refractivity contribution in [1.29, 1.82) is 0 Å². The summed E-state index contributed by atoms with van der Waals surface area (Å²) in [6.07, 6.45) is 16.9. The maximum Gasteiger partial charge on any atom is 0.119 e. The molecule has 0 N–H and O–H groups in total. The first-order valence-electron chi connectivity index (χ1n) is 13.0. The van der Waals surface area contributed by atoms with E-state index in [0.717, 1.165) is 54.9 Å². The molecular formula is C29H44FNO. The summed E-state index contributed by atoms with van der Waals surface area (Å²) in [5.41, 5.74) is 3.14. The largest absolute Gasteiger partial charge is 0.494 e. The van der Waals surface area contributed by atoms with Crippen molar-refractivity contribution in [3.63, 3.8) is 0 Å². The van der Waals surface area contributed by atoms with E-state index in [-0.39, 0.29) is 0 Å². The number of benzene rings is 1. The quantitative estimate of drug-likeness (QED) is 0.215. The first-order chi connectivity index (χ1) is 15.7. The van der Waals surface area contributed by atoms with Crippen LogP contribution < -0.4 is 4.74 Å². The summed E-state index contributed by atoms with van der Waals surface area (Å²) >= 11 is 0. The average Bonchev–Trinajstić information content (AvgIpc) is 2.83. The lowest BCUT2D eigenvalue weighted by Gasteiger charge is -2.09. The molecule has 1 atom stereocenters. The van der Waals surface area contributed by atoms with E-state index in [4.69, 9.17) is 4.74 Å². The zero-order chi connectivity index (χ0) is 22.9. The van der Waals surface area contributed by atoms with Crippen molar-refractivity contribution in [3.05, 3.63) is 48.2 Å². The Morgan fingerprint density at radius 2 is 1.41 bits per heavy atom. The molecule has 1 aromatic heterocycles. The van der Waals surface area contributed by atoms with Crippen molar-refractivity contribution in [2.45, 2.75) is 110 Å². The van der Waals surface area contributed by atoms with Gasteiger partial charge in [0.05, 0.1) is 12.3 Å². The van der Waals surface area contributed by atoms with E-state index in [1.165, 1.54) is 51.4 Å². The number of hydrogen-bond donors (Lipinski definition) is 0. The molecule has 0 aliphatic carbocycles. The second-order valence-corrected chi connectivity index (χ2v) is 9.03. The highest BCUT2D eigenvalue weighted by Gasteiger charge is 2.07. The molecule has 3 heteroatoms. The van der Waals surface area contributed by atoms with Crippen LogP contribution in [0.4, 0.5) is 4.39 Å². The van der Waals surface area contributed by atoms with Gasteiger partial charge >= 0.3 is 0 Å². The van der Waals surface area contributed by atoms with E-state index >= 15 is 0 Å². The summed E-state index contributed by atoms with van der Waals surface area (Å²) in [6.45, 7) is 5.22. The second-order valence-electron chi connectivity index (χ2n) is 9.03. The van der Waals surface area contributed by atoms with Gasteiger partial charge in [-0.1, -0.05) is 84.1 Å². The van der Waals surface area contributed by atoms with Crippen LogP contribution in [-0.2, 0) is 6.42 Å². The molecule has 0 aliphatic heterocycles. The molecule has 1 unspecified atom stereocenters. The van der Waals surface area contributed by atoms with Gasteiger partial charge in [0.25, 0.3) is 0 Å². The number of pyridine rings is 1. The molecule has 1 heterocycles. The van der Waals surface area contributed by atoms with Crippen LogP contribution in [0.1, 0.15) is 103 Å². The maximum atomic E-state index is 14.1. The molecule has 0 saturated carbocycles. The van der Waals surface area contributed by atoms with Gasteiger partial charge in [0.1, 0.15) is 11.9 Å². The van der Waals surface area contributed by atoms with Crippen LogP contribution in [0.15, 0.2) is 42.6 Å². The zero-order valence-electron chi connectivity index (χ0n) is 20.5. The molecule has 32 heavy (non-hydrogen) atoms. The molecular weight excluding hydrogens is 397 g/mol. The van der Waals surface area contributed by atoms with Crippen LogP contribution in [0.25, 0.3) is 11.3 Å². The first-order valence-corrected chi connectivity index (χ1v) is 13.0. The number of nitrogens with zero attached hydrogens (tertiary/aromatic N) is 1. The average molecular weight is 442 g/mol. The Morgan fingerprint density at radius 3 is 2.06 bits per heavy atom. The number of rotatable bonds is 18. The van der Waals surface area contributed by atoms with Crippen molar-refractivity contribution in [2.75, 3.05) is 6.61 Å². The monoisotopic (exact) mass is 441 g/mol. The summed E-state index contributed by atoms with van der Waals surface area (Å²) in [6, 6.07) is 12.3. The van der Waals surface area contributed by atoms with E-state index in [1.54, 1.807) is 0 Å². The van der Waals surface area contributed by atoms with Crippen LogP contribution in [0.5, 0.6) is 5.75 Å². The highest BCUT2D eigenvalue weighted by molar-refractivity contribution is 5.60. The smallest absolute Gasteiger partial charge is 0.119 e. The lowest BCUT2D eigenvalue weighted by atomic mass is 10.0. The van der Waals surface area contributed by atoms with Crippen molar-refractivity contribution in [2.24, 2.45) is 0 Å². The molecule has 0 aliphatic rings. The fourth-order valence-electron chi connectivity index (χ4n) is 3.97. The Hall–Kier alpha value is -1.90. The highest BCUT2D eigenvalue weighted by Crippen LogP contribution is 2.22. The maximum absolute atomic E-state index is 14.1. The second kappa shape index (κ2) is 16.7. The normalized spacial score (nSPS) is 12.1. The predicted molar refractivity (Wildman–Crippen MR) is 135 cm³/mol. The number of hydrogen-bond acceptors (Lipinski definition) is 2. The molecule has 0 amide bonds. The standard InChI is InChI=1S/C29H44FNO/c1-3-5-7-9-10-11-13-23-32-28-20-17-26(18-21-28)29-22-16-25(24-31-29)15-19-27(30)14-12-8-6-4-2/h16-18,20-22,24,27H,3-15,19,23H2,1-2H3. The fourth-order valence-corrected chi connectivity index (χ4v) is 3.97. The first kappa shape index (κ1) is 26.4. The van der Waals surface area contributed by atoms with Crippen molar-refractivity contribution >= 4 is 0 Å². The zero-order valence-corrected chi connectivity index (χ0v) is 20.5. The molecule has 2 rings (SSSR count). The number of aryl methyl sites for hydroxylation is 1. The Kier molecular flexibility index (Phi) is 13.7. The highest BCUT2D eigenvalue weighted by atomic mass is 19.1. The minimum atomic E-state index is -0.694. The number of aromatic nitrogens is 1. The van der Waals surface area contributed by atoms with Crippen LogP contribution in [0, 0.1) is 0 Å². The molecule has 2 nitrogen and oxygen atoms in total. The minimum Gasteiger partial charge on any atom is -0.494 e.